The van der Waals surface area contributed by atoms with Crippen LogP contribution in [0.15, 0.2) is 0 Å². The zero-order chi connectivity index (χ0) is 13.0. The zero-order valence-corrected chi connectivity index (χ0v) is 11.2. The van der Waals surface area contributed by atoms with Gasteiger partial charge in [0.05, 0.1) is 12.6 Å². The summed E-state index contributed by atoms with van der Waals surface area (Å²) in [4.78, 5) is 14.1. The van der Waals surface area contributed by atoms with Gasteiger partial charge in [0, 0.05) is 25.7 Å². The molecule has 2 saturated heterocycles. The van der Waals surface area contributed by atoms with Crippen LogP contribution in [0.25, 0.3) is 0 Å². The van der Waals surface area contributed by atoms with Crippen molar-refractivity contribution in [2.45, 2.75) is 38.3 Å². The molecule has 2 aliphatic rings. The quantitative estimate of drug-likeness (QED) is 0.723. The minimum absolute atomic E-state index is 0.107. The van der Waals surface area contributed by atoms with Crippen LogP contribution in [-0.4, -0.2) is 55.7 Å². The number of nitrogens with two attached hydrogens (primary N) is 1. The van der Waals surface area contributed by atoms with Crippen molar-refractivity contribution in [3.05, 3.63) is 0 Å². The molecule has 3 N–H and O–H groups in total. The molecule has 2 rings (SSSR count). The standard InChI is InChI=1S/C13H25N3O2/c1-10-5-11(6-14)8-16(10)9-13(17)15-7-12-3-2-4-18-12/h10-12H,2-9,14H2,1H3,(H,15,17). The number of rotatable bonds is 5. The van der Waals surface area contributed by atoms with Crippen molar-refractivity contribution < 1.29 is 9.53 Å². The normalized spacial score (nSPS) is 32.9. The predicted molar refractivity (Wildman–Crippen MR) is 70.2 cm³/mol. The van der Waals surface area contributed by atoms with Crippen molar-refractivity contribution in [2.75, 3.05) is 32.8 Å². The minimum Gasteiger partial charge on any atom is -0.376 e. The molecule has 0 aromatic rings. The maximum Gasteiger partial charge on any atom is 0.234 e. The van der Waals surface area contributed by atoms with E-state index in [1.807, 2.05) is 0 Å². The first-order valence-corrected chi connectivity index (χ1v) is 7.01. The van der Waals surface area contributed by atoms with E-state index in [0.717, 1.165) is 39.0 Å². The second-order valence-electron chi connectivity index (χ2n) is 5.55. The molecule has 104 valence electrons. The third-order valence-corrected chi connectivity index (χ3v) is 4.02. The van der Waals surface area contributed by atoms with E-state index in [0.29, 0.717) is 25.0 Å². The summed E-state index contributed by atoms with van der Waals surface area (Å²) in [6.45, 7) is 5.82. The van der Waals surface area contributed by atoms with Gasteiger partial charge in [-0.2, -0.15) is 0 Å². The van der Waals surface area contributed by atoms with Crippen LogP contribution in [0.5, 0.6) is 0 Å². The number of hydrogen-bond donors (Lipinski definition) is 2. The van der Waals surface area contributed by atoms with Crippen LogP contribution in [0.2, 0.25) is 0 Å². The summed E-state index contributed by atoms with van der Waals surface area (Å²) < 4.78 is 5.48. The van der Waals surface area contributed by atoms with Gasteiger partial charge in [0.15, 0.2) is 0 Å². The Hall–Kier alpha value is -0.650. The van der Waals surface area contributed by atoms with Crippen molar-refractivity contribution >= 4 is 5.91 Å². The molecule has 5 heteroatoms. The summed E-state index contributed by atoms with van der Waals surface area (Å²) in [5, 5.41) is 2.97. The molecule has 0 bridgehead atoms. The van der Waals surface area contributed by atoms with Crippen LogP contribution in [0.3, 0.4) is 0 Å². The summed E-state index contributed by atoms with van der Waals surface area (Å²) in [5.41, 5.74) is 5.69. The summed E-state index contributed by atoms with van der Waals surface area (Å²) in [5.74, 6) is 0.654. The lowest BCUT2D eigenvalue weighted by atomic mass is 10.1. The van der Waals surface area contributed by atoms with Gasteiger partial charge < -0.3 is 15.8 Å². The monoisotopic (exact) mass is 255 g/mol. The maximum atomic E-state index is 11.9. The van der Waals surface area contributed by atoms with Gasteiger partial charge in [-0.05, 0) is 38.6 Å². The van der Waals surface area contributed by atoms with Gasteiger partial charge >= 0.3 is 0 Å². The van der Waals surface area contributed by atoms with E-state index in [2.05, 4.69) is 17.1 Å². The average molecular weight is 255 g/mol. The fraction of sp³-hybridized carbons (Fsp3) is 0.923. The topological polar surface area (TPSA) is 67.6 Å². The Morgan fingerprint density at radius 2 is 2.39 bits per heavy atom. The lowest BCUT2D eigenvalue weighted by Gasteiger charge is -2.20. The van der Waals surface area contributed by atoms with Gasteiger partial charge in [-0.25, -0.2) is 0 Å². The number of likely N-dealkylation sites (tertiary alicyclic amines) is 1. The highest BCUT2D eigenvalue weighted by atomic mass is 16.5. The molecule has 2 aliphatic heterocycles. The van der Waals surface area contributed by atoms with E-state index in [-0.39, 0.29) is 12.0 Å². The van der Waals surface area contributed by atoms with Crippen LogP contribution < -0.4 is 11.1 Å². The maximum absolute atomic E-state index is 11.9. The number of hydrogen-bond acceptors (Lipinski definition) is 4. The molecule has 0 spiro atoms. The highest BCUT2D eigenvalue weighted by Gasteiger charge is 2.29. The number of nitrogens with zero attached hydrogens (tertiary/aromatic N) is 1. The van der Waals surface area contributed by atoms with Crippen LogP contribution in [0.4, 0.5) is 0 Å². The van der Waals surface area contributed by atoms with E-state index in [9.17, 15) is 4.79 Å². The van der Waals surface area contributed by atoms with Gasteiger partial charge in [-0.3, -0.25) is 9.69 Å². The first kappa shape index (κ1) is 13.8. The lowest BCUT2D eigenvalue weighted by Crippen LogP contribution is -2.41. The predicted octanol–water partition coefficient (Wildman–Crippen LogP) is -0.0493. The first-order valence-electron chi connectivity index (χ1n) is 7.01. The number of carbonyl (C=O) groups is 1. The smallest absolute Gasteiger partial charge is 0.234 e. The van der Waals surface area contributed by atoms with Crippen molar-refractivity contribution in [3.8, 4) is 0 Å². The number of amides is 1. The van der Waals surface area contributed by atoms with Crippen molar-refractivity contribution in [1.29, 1.82) is 0 Å². The van der Waals surface area contributed by atoms with E-state index < -0.39 is 0 Å². The second-order valence-corrected chi connectivity index (χ2v) is 5.55. The van der Waals surface area contributed by atoms with E-state index in [4.69, 9.17) is 10.5 Å². The summed E-state index contributed by atoms with van der Waals surface area (Å²) in [6.07, 6.45) is 3.51. The largest absolute Gasteiger partial charge is 0.376 e. The number of carbonyl (C=O) groups excluding carboxylic acids is 1. The molecule has 2 heterocycles. The molecule has 18 heavy (non-hydrogen) atoms. The molecular formula is C13H25N3O2. The SMILES string of the molecule is CC1CC(CN)CN1CC(=O)NCC1CCCO1. The third kappa shape index (κ3) is 3.67. The molecule has 3 unspecified atom stereocenters. The van der Waals surface area contributed by atoms with Gasteiger partial charge in [0.2, 0.25) is 5.91 Å². The molecular weight excluding hydrogens is 230 g/mol. The highest BCUT2D eigenvalue weighted by molar-refractivity contribution is 5.78. The zero-order valence-electron chi connectivity index (χ0n) is 11.2. The Morgan fingerprint density at radius 3 is 3.00 bits per heavy atom. The van der Waals surface area contributed by atoms with E-state index in [1.165, 1.54) is 0 Å². The van der Waals surface area contributed by atoms with Crippen LogP contribution >= 0.6 is 0 Å². The van der Waals surface area contributed by atoms with Gasteiger partial charge in [0.1, 0.15) is 0 Å². The summed E-state index contributed by atoms with van der Waals surface area (Å²) in [7, 11) is 0. The van der Waals surface area contributed by atoms with Crippen molar-refractivity contribution in [2.24, 2.45) is 11.7 Å². The number of nitrogens with one attached hydrogen (secondary N) is 1. The molecule has 3 atom stereocenters. The Kier molecular flexibility index (Phi) is 4.97. The first-order chi connectivity index (χ1) is 8.69. The summed E-state index contributed by atoms with van der Waals surface area (Å²) >= 11 is 0. The number of ether oxygens (including phenoxy) is 1. The molecule has 0 aromatic heterocycles. The molecule has 0 aliphatic carbocycles. The van der Waals surface area contributed by atoms with E-state index in [1.54, 1.807) is 0 Å². The Bertz CT molecular complexity index is 279. The molecule has 0 aromatic carbocycles. The molecule has 2 fully saturated rings. The fourth-order valence-corrected chi connectivity index (χ4v) is 2.88. The highest BCUT2D eigenvalue weighted by Crippen LogP contribution is 2.21. The van der Waals surface area contributed by atoms with Gasteiger partial charge in [-0.15, -0.1) is 0 Å². The molecule has 0 radical (unpaired) electrons. The van der Waals surface area contributed by atoms with Crippen LogP contribution in [-0.2, 0) is 9.53 Å². The second kappa shape index (κ2) is 6.50. The van der Waals surface area contributed by atoms with E-state index >= 15 is 0 Å². The Balaban J connectivity index is 1.67. The Labute approximate surface area is 109 Å². The molecule has 5 nitrogen and oxygen atoms in total. The van der Waals surface area contributed by atoms with Crippen molar-refractivity contribution in [1.82, 2.24) is 10.2 Å². The summed E-state index contributed by atoms with van der Waals surface area (Å²) in [6, 6.07) is 0.465. The minimum atomic E-state index is 0.107. The third-order valence-electron chi connectivity index (χ3n) is 4.02. The van der Waals surface area contributed by atoms with Crippen LogP contribution in [0.1, 0.15) is 26.2 Å². The molecule has 0 saturated carbocycles. The van der Waals surface area contributed by atoms with Gasteiger partial charge in [0.25, 0.3) is 0 Å². The lowest BCUT2D eigenvalue weighted by molar-refractivity contribution is -0.122. The Morgan fingerprint density at radius 1 is 1.56 bits per heavy atom. The van der Waals surface area contributed by atoms with Crippen LogP contribution in [0, 0.1) is 5.92 Å². The fourth-order valence-electron chi connectivity index (χ4n) is 2.88. The van der Waals surface area contributed by atoms with Gasteiger partial charge in [-0.1, -0.05) is 0 Å². The van der Waals surface area contributed by atoms with Crippen molar-refractivity contribution in [3.63, 3.8) is 0 Å². The average Bonchev–Trinajstić information content (AvgIpc) is 2.97. The molecule has 1 amide bonds.